The number of hydrogen-bond donors (Lipinski definition) is 0. The molecule has 0 N–H and O–H groups in total. The number of fused-ring (bicyclic) bond motifs is 3. The lowest BCUT2D eigenvalue weighted by atomic mass is 9.38. The van der Waals surface area contributed by atoms with Gasteiger partial charge in [-0.3, -0.25) is 0 Å². The van der Waals surface area contributed by atoms with Crippen LogP contribution >= 0.6 is 0 Å². The molecule has 2 aliphatic carbocycles. The highest BCUT2D eigenvalue weighted by Crippen LogP contribution is 2.68. The van der Waals surface area contributed by atoms with E-state index in [1.807, 2.05) is 37.3 Å². The number of rotatable bonds is 1. The van der Waals surface area contributed by atoms with Crippen LogP contribution in [0, 0.1) is 34.0 Å². The summed E-state index contributed by atoms with van der Waals surface area (Å²) in [5.74, 6) is 0.249. The molecule has 3 atom stereocenters. The fourth-order valence-electron chi connectivity index (χ4n) is 4.14. The fourth-order valence-corrected chi connectivity index (χ4v) is 4.14. The molecule has 0 amide bonds. The Morgan fingerprint density at radius 2 is 2.05 bits per heavy atom. The second kappa shape index (κ2) is 3.84. The molecule has 1 aromatic rings. The maximum atomic E-state index is 9.88. The highest BCUT2D eigenvalue weighted by atomic mass is 14.7. The summed E-state index contributed by atoms with van der Waals surface area (Å²) in [6.45, 7) is 8.01. The van der Waals surface area contributed by atoms with Crippen molar-refractivity contribution in [3.63, 3.8) is 0 Å². The molecule has 1 saturated carbocycles. The lowest BCUT2D eigenvalue weighted by molar-refractivity contribution is 0.0314. The van der Waals surface area contributed by atoms with E-state index in [1.165, 1.54) is 0 Å². The second-order valence-electron chi connectivity index (χ2n) is 5.92. The largest absolute Gasteiger partial charge is 0.197 e. The van der Waals surface area contributed by atoms with Crippen molar-refractivity contribution >= 4 is 5.57 Å². The molecule has 2 aliphatic rings. The first-order valence-corrected chi connectivity index (χ1v) is 6.82. The third-order valence-electron chi connectivity index (χ3n) is 5.55. The van der Waals surface area contributed by atoms with Crippen LogP contribution in [0.25, 0.3) is 5.57 Å². The van der Waals surface area contributed by atoms with Crippen molar-refractivity contribution in [2.24, 2.45) is 11.3 Å². The van der Waals surface area contributed by atoms with E-state index in [9.17, 15) is 10.5 Å². The summed E-state index contributed by atoms with van der Waals surface area (Å²) < 4.78 is 0. The summed E-state index contributed by atoms with van der Waals surface area (Å²) in [6.07, 6.45) is 2.72. The first kappa shape index (κ1) is 12.7. The van der Waals surface area contributed by atoms with Gasteiger partial charge in [-0.25, -0.2) is 0 Å². The van der Waals surface area contributed by atoms with Crippen LogP contribution in [-0.2, 0) is 5.41 Å². The third-order valence-corrected chi connectivity index (χ3v) is 5.55. The van der Waals surface area contributed by atoms with E-state index in [0.29, 0.717) is 0 Å². The van der Waals surface area contributed by atoms with Crippen molar-refractivity contribution in [3.8, 4) is 12.1 Å². The Hall–Kier alpha value is -2.32. The number of allylic oxidation sites excluding steroid dienone is 3. The summed E-state index contributed by atoms with van der Waals surface area (Å²) in [7, 11) is 0. The molecule has 0 saturated heterocycles. The SMILES string of the molecule is C=C[C@@H]1C[C@]2(C#N)c3ccccc3C(C#N)=C(C)[C@]12C. The maximum absolute atomic E-state index is 9.88. The molecule has 0 aliphatic heterocycles. The lowest BCUT2D eigenvalue weighted by Crippen LogP contribution is -2.60. The molecule has 0 bridgehead atoms. The molecule has 0 spiro atoms. The number of nitriles is 2. The molecule has 0 unspecified atom stereocenters. The normalized spacial score (nSPS) is 34.1. The molecular weight excluding hydrogens is 244 g/mol. The van der Waals surface area contributed by atoms with Crippen LogP contribution in [0.3, 0.4) is 0 Å². The van der Waals surface area contributed by atoms with Gasteiger partial charge < -0.3 is 0 Å². The summed E-state index contributed by atoms with van der Waals surface area (Å²) >= 11 is 0. The van der Waals surface area contributed by atoms with Gasteiger partial charge in [-0.1, -0.05) is 37.3 Å². The number of nitrogens with zero attached hydrogens (tertiary/aromatic N) is 2. The van der Waals surface area contributed by atoms with E-state index in [1.54, 1.807) is 0 Å². The van der Waals surface area contributed by atoms with Crippen molar-refractivity contribution in [2.45, 2.75) is 25.7 Å². The molecule has 0 heterocycles. The number of benzene rings is 1. The second-order valence-corrected chi connectivity index (χ2v) is 5.92. The Morgan fingerprint density at radius 1 is 1.35 bits per heavy atom. The Morgan fingerprint density at radius 3 is 2.65 bits per heavy atom. The lowest BCUT2D eigenvalue weighted by Gasteiger charge is -2.62. The molecular formula is C18H16N2. The molecule has 2 heteroatoms. The minimum Gasteiger partial charge on any atom is -0.197 e. The van der Waals surface area contributed by atoms with Gasteiger partial charge in [0.2, 0.25) is 0 Å². The van der Waals surface area contributed by atoms with Gasteiger partial charge in [0.1, 0.15) is 0 Å². The van der Waals surface area contributed by atoms with E-state index in [4.69, 9.17) is 0 Å². The molecule has 1 aromatic carbocycles. The quantitative estimate of drug-likeness (QED) is 0.717. The van der Waals surface area contributed by atoms with E-state index in [0.717, 1.165) is 28.7 Å². The molecule has 0 aromatic heterocycles. The predicted molar refractivity (Wildman–Crippen MR) is 78.4 cm³/mol. The minimum atomic E-state index is -0.521. The fraction of sp³-hybridized carbons (Fsp3) is 0.333. The van der Waals surface area contributed by atoms with Crippen LogP contribution in [0.4, 0.5) is 0 Å². The zero-order chi connectivity index (χ0) is 14.5. The molecule has 0 radical (unpaired) electrons. The van der Waals surface area contributed by atoms with Crippen LogP contribution < -0.4 is 0 Å². The van der Waals surface area contributed by atoms with Gasteiger partial charge >= 0.3 is 0 Å². The molecule has 20 heavy (non-hydrogen) atoms. The van der Waals surface area contributed by atoms with Crippen LogP contribution in [0.2, 0.25) is 0 Å². The Labute approximate surface area is 119 Å². The maximum Gasteiger partial charge on any atom is 0.0997 e. The molecule has 2 nitrogen and oxygen atoms in total. The molecule has 98 valence electrons. The molecule has 3 rings (SSSR count). The summed E-state index contributed by atoms with van der Waals surface area (Å²) in [4.78, 5) is 0. The van der Waals surface area contributed by atoms with Crippen molar-refractivity contribution < 1.29 is 0 Å². The smallest absolute Gasteiger partial charge is 0.0997 e. The average Bonchev–Trinajstić information content (AvgIpc) is 2.47. The van der Waals surface area contributed by atoms with Crippen molar-refractivity contribution in [3.05, 3.63) is 53.6 Å². The van der Waals surface area contributed by atoms with Gasteiger partial charge in [-0.2, -0.15) is 10.5 Å². The van der Waals surface area contributed by atoms with E-state index >= 15 is 0 Å². The van der Waals surface area contributed by atoms with Crippen LogP contribution in [0.5, 0.6) is 0 Å². The van der Waals surface area contributed by atoms with Crippen LogP contribution in [0.15, 0.2) is 42.5 Å². The summed E-state index contributed by atoms with van der Waals surface area (Å²) in [5, 5.41) is 19.4. The number of hydrogen-bond acceptors (Lipinski definition) is 2. The van der Waals surface area contributed by atoms with Gasteiger partial charge in [0.25, 0.3) is 0 Å². The van der Waals surface area contributed by atoms with Crippen molar-refractivity contribution in [1.29, 1.82) is 10.5 Å². The van der Waals surface area contributed by atoms with E-state index in [-0.39, 0.29) is 11.3 Å². The first-order chi connectivity index (χ1) is 9.56. The highest BCUT2D eigenvalue weighted by Gasteiger charge is 2.66. The zero-order valence-corrected chi connectivity index (χ0v) is 11.8. The first-order valence-electron chi connectivity index (χ1n) is 6.82. The van der Waals surface area contributed by atoms with Crippen molar-refractivity contribution in [1.82, 2.24) is 0 Å². The Bertz CT molecular complexity index is 729. The third kappa shape index (κ3) is 1.09. The Balaban J connectivity index is 2.41. The summed E-state index contributed by atoms with van der Waals surface area (Å²) in [6, 6.07) is 12.7. The van der Waals surface area contributed by atoms with E-state index < -0.39 is 5.41 Å². The average molecular weight is 260 g/mol. The van der Waals surface area contributed by atoms with Crippen molar-refractivity contribution in [2.75, 3.05) is 0 Å². The predicted octanol–water partition coefficient (Wildman–Crippen LogP) is 3.97. The van der Waals surface area contributed by atoms with Gasteiger partial charge in [0, 0.05) is 5.41 Å². The summed E-state index contributed by atoms with van der Waals surface area (Å²) in [5.41, 5.74) is 2.84. The highest BCUT2D eigenvalue weighted by molar-refractivity contribution is 5.86. The minimum absolute atomic E-state index is 0.249. The zero-order valence-electron chi connectivity index (χ0n) is 11.8. The molecule has 1 fully saturated rings. The monoisotopic (exact) mass is 260 g/mol. The van der Waals surface area contributed by atoms with Gasteiger partial charge in [-0.15, -0.1) is 6.58 Å². The van der Waals surface area contributed by atoms with Crippen LogP contribution in [-0.4, -0.2) is 0 Å². The Kier molecular flexibility index (Phi) is 2.44. The van der Waals surface area contributed by atoms with Gasteiger partial charge in [-0.05, 0) is 36.0 Å². The topological polar surface area (TPSA) is 47.6 Å². The van der Waals surface area contributed by atoms with E-state index in [2.05, 4.69) is 25.6 Å². The standard InChI is InChI=1S/C18H16N2/c1-4-13-9-18(11-20)16-8-6-5-7-14(16)15(10-19)12(2)17(13,18)3/h4-8,13H,1,9H2,2-3H3/t13-,17-,18+/m1/s1. The van der Waals surface area contributed by atoms with Crippen LogP contribution in [0.1, 0.15) is 31.4 Å². The van der Waals surface area contributed by atoms with Gasteiger partial charge in [0.05, 0.1) is 23.1 Å². The van der Waals surface area contributed by atoms with Gasteiger partial charge in [0.15, 0.2) is 0 Å².